The van der Waals surface area contributed by atoms with Gasteiger partial charge < -0.3 is 13.9 Å². The molecule has 2 aromatic rings. The van der Waals surface area contributed by atoms with Crippen LogP contribution in [0.4, 0.5) is 0 Å². The first-order chi connectivity index (χ1) is 13.3. The molecule has 1 aliphatic heterocycles. The summed E-state index contributed by atoms with van der Waals surface area (Å²) in [5, 5.41) is 17.5. The van der Waals surface area contributed by atoms with Crippen molar-refractivity contribution in [2.75, 3.05) is 0 Å². The number of ether oxygens (including phenoxy) is 2. The number of hydrogen-bond donors (Lipinski definition) is 0. The Balaban J connectivity index is 1.40. The Labute approximate surface area is 160 Å². The summed E-state index contributed by atoms with van der Waals surface area (Å²) in [4.78, 5) is 0. The van der Waals surface area contributed by atoms with Crippen molar-refractivity contribution in [1.29, 1.82) is 5.26 Å². The summed E-state index contributed by atoms with van der Waals surface area (Å²) >= 11 is 1.40. The molecular formula is C20H15N3O3S. The molecule has 0 bridgehead atoms. The summed E-state index contributed by atoms with van der Waals surface area (Å²) in [5.74, 6) is 1.92. The fourth-order valence-electron chi connectivity index (χ4n) is 2.61. The Hall–Kier alpha value is -3.24. The average molecular weight is 377 g/mol. The van der Waals surface area contributed by atoms with Gasteiger partial charge in [0.1, 0.15) is 12.5 Å². The van der Waals surface area contributed by atoms with Gasteiger partial charge in [-0.3, -0.25) is 0 Å². The van der Waals surface area contributed by atoms with Gasteiger partial charge in [-0.1, -0.05) is 42.1 Å². The van der Waals surface area contributed by atoms with E-state index in [4.69, 9.17) is 19.2 Å². The van der Waals surface area contributed by atoms with E-state index in [1.165, 1.54) is 18.0 Å². The molecule has 27 heavy (non-hydrogen) atoms. The molecule has 1 aromatic carbocycles. The van der Waals surface area contributed by atoms with E-state index in [1.807, 2.05) is 30.4 Å². The van der Waals surface area contributed by atoms with E-state index in [2.05, 4.69) is 22.3 Å². The van der Waals surface area contributed by atoms with E-state index >= 15 is 0 Å². The number of rotatable bonds is 5. The summed E-state index contributed by atoms with van der Waals surface area (Å²) < 4.78 is 16.9. The topological polar surface area (TPSA) is 81.2 Å². The lowest BCUT2D eigenvalue weighted by Crippen LogP contribution is -2.03. The number of nitrogens with zero attached hydrogens (tertiary/aromatic N) is 3. The first kappa shape index (κ1) is 17.2. The molecule has 0 atom stereocenters. The Morgan fingerprint density at radius 2 is 2.11 bits per heavy atom. The van der Waals surface area contributed by atoms with Gasteiger partial charge in [0.2, 0.25) is 5.76 Å². The standard InChI is InChI=1S/C20H15N3O3S/c21-10-14-5-4-6-15(9-14)13-27-20-23-22-19(26-20)18-12-24-11-17(25-18)16-7-2-1-3-8-16/h1-2,4-7,9,11-12H,3,8,13H2. The largest absolute Gasteiger partial charge is 0.465 e. The van der Waals surface area contributed by atoms with Crippen molar-refractivity contribution >= 4 is 17.5 Å². The van der Waals surface area contributed by atoms with Crippen molar-refractivity contribution in [3.63, 3.8) is 0 Å². The number of aromatic nitrogens is 2. The van der Waals surface area contributed by atoms with Crippen LogP contribution in [0.3, 0.4) is 0 Å². The van der Waals surface area contributed by atoms with Gasteiger partial charge in [-0.15, -0.1) is 10.2 Å². The highest BCUT2D eigenvalue weighted by Gasteiger charge is 2.21. The Kier molecular flexibility index (Phi) is 5.08. The summed E-state index contributed by atoms with van der Waals surface area (Å²) in [7, 11) is 0. The van der Waals surface area contributed by atoms with Crippen LogP contribution in [0.15, 0.2) is 76.0 Å². The molecule has 0 radical (unpaired) electrons. The Bertz CT molecular complexity index is 1010. The van der Waals surface area contributed by atoms with Crippen molar-refractivity contribution in [1.82, 2.24) is 10.2 Å². The molecule has 0 saturated heterocycles. The molecule has 6 nitrogen and oxygen atoms in total. The fraction of sp³-hybridized carbons (Fsp3) is 0.150. The normalized spacial score (nSPS) is 15.7. The van der Waals surface area contributed by atoms with Gasteiger partial charge in [0.25, 0.3) is 11.1 Å². The number of allylic oxidation sites excluding steroid dienone is 4. The van der Waals surface area contributed by atoms with Gasteiger partial charge in [-0.05, 0) is 36.1 Å². The van der Waals surface area contributed by atoms with Crippen LogP contribution in [0.2, 0.25) is 0 Å². The third-order valence-corrected chi connectivity index (χ3v) is 4.83. The van der Waals surface area contributed by atoms with Crippen molar-refractivity contribution in [2.24, 2.45) is 0 Å². The molecule has 1 aliphatic carbocycles. The van der Waals surface area contributed by atoms with Crippen LogP contribution in [0.5, 0.6) is 0 Å². The molecule has 7 heteroatoms. The van der Waals surface area contributed by atoms with Crippen LogP contribution in [0, 0.1) is 11.3 Å². The fourth-order valence-corrected chi connectivity index (χ4v) is 3.32. The second-order valence-electron chi connectivity index (χ2n) is 5.84. The average Bonchev–Trinajstić information content (AvgIpc) is 3.22. The Morgan fingerprint density at radius 3 is 2.96 bits per heavy atom. The molecular weight excluding hydrogens is 362 g/mol. The molecule has 0 unspecified atom stereocenters. The minimum Gasteiger partial charge on any atom is -0.465 e. The van der Waals surface area contributed by atoms with Gasteiger partial charge >= 0.3 is 0 Å². The summed E-state index contributed by atoms with van der Waals surface area (Å²) in [6.07, 6.45) is 11.0. The van der Waals surface area contributed by atoms with Crippen molar-refractivity contribution in [2.45, 2.75) is 23.8 Å². The highest BCUT2D eigenvalue weighted by atomic mass is 32.2. The number of benzene rings is 1. The molecule has 134 valence electrons. The zero-order valence-corrected chi connectivity index (χ0v) is 15.1. The van der Waals surface area contributed by atoms with E-state index < -0.39 is 0 Å². The van der Waals surface area contributed by atoms with Crippen molar-refractivity contribution in [3.8, 4) is 6.07 Å². The lowest BCUT2D eigenvalue weighted by Gasteiger charge is -2.17. The van der Waals surface area contributed by atoms with Gasteiger partial charge in [-0.2, -0.15) is 5.26 Å². The molecule has 2 aliphatic rings. The minimum atomic E-state index is 0.265. The zero-order valence-electron chi connectivity index (χ0n) is 14.3. The first-order valence-corrected chi connectivity index (χ1v) is 9.36. The van der Waals surface area contributed by atoms with E-state index in [9.17, 15) is 0 Å². The lowest BCUT2D eigenvalue weighted by atomic mass is 10.0. The zero-order chi connectivity index (χ0) is 18.5. The predicted octanol–water partition coefficient (Wildman–Crippen LogP) is 4.70. The van der Waals surface area contributed by atoms with Crippen LogP contribution in [-0.2, 0) is 15.2 Å². The van der Waals surface area contributed by atoms with Crippen molar-refractivity contribution in [3.05, 3.63) is 83.4 Å². The third kappa shape index (κ3) is 4.13. The Morgan fingerprint density at radius 1 is 1.19 bits per heavy atom. The van der Waals surface area contributed by atoms with Gasteiger partial charge in [0.05, 0.1) is 11.6 Å². The molecule has 0 amide bonds. The SMILES string of the molecule is N#Cc1cccc(CSc2nnc(C3=COC=C(C4=CC=CCC4)O3)o2)c1. The molecule has 0 spiro atoms. The highest BCUT2D eigenvalue weighted by Crippen LogP contribution is 2.31. The van der Waals surface area contributed by atoms with Crippen LogP contribution in [0.25, 0.3) is 5.76 Å². The molecule has 0 N–H and O–H groups in total. The number of thioether (sulfide) groups is 1. The quantitative estimate of drug-likeness (QED) is 0.699. The maximum absolute atomic E-state index is 8.97. The van der Waals surface area contributed by atoms with Crippen LogP contribution in [-0.4, -0.2) is 10.2 Å². The molecule has 1 aromatic heterocycles. The summed E-state index contributed by atoms with van der Waals surface area (Å²) in [6.45, 7) is 0. The van der Waals surface area contributed by atoms with Gasteiger partial charge in [-0.25, -0.2) is 0 Å². The third-order valence-electron chi connectivity index (χ3n) is 3.94. The van der Waals surface area contributed by atoms with Gasteiger partial charge in [0, 0.05) is 5.75 Å². The van der Waals surface area contributed by atoms with E-state index in [1.54, 1.807) is 12.3 Å². The van der Waals surface area contributed by atoms with Crippen molar-refractivity contribution < 1.29 is 13.9 Å². The van der Waals surface area contributed by atoms with Crippen LogP contribution >= 0.6 is 11.8 Å². The lowest BCUT2D eigenvalue weighted by molar-refractivity contribution is 0.271. The van der Waals surface area contributed by atoms with Crippen LogP contribution < -0.4 is 0 Å². The van der Waals surface area contributed by atoms with E-state index in [-0.39, 0.29) is 5.89 Å². The minimum absolute atomic E-state index is 0.265. The molecule has 2 heterocycles. The monoisotopic (exact) mass is 377 g/mol. The van der Waals surface area contributed by atoms with Crippen LogP contribution in [0.1, 0.15) is 29.9 Å². The van der Waals surface area contributed by atoms with E-state index in [0.29, 0.717) is 28.1 Å². The number of nitriles is 1. The predicted molar refractivity (Wildman–Crippen MR) is 99.7 cm³/mol. The summed E-state index contributed by atoms with van der Waals surface area (Å²) in [6, 6.07) is 9.55. The smallest absolute Gasteiger partial charge is 0.287 e. The second-order valence-corrected chi connectivity index (χ2v) is 6.76. The van der Waals surface area contributed by atoms with E-state index in [0.717, 1.165) is 24.0 Å². The molecule has 0 fully saturated rings. The summed E-state index contributed by atoms with van der Waals surface area (Å²) in [5.41, 5.74) is 2.70. The second kappa shape index (κ2) is 7.98. The first-order valence-electron chi connectivity index (χ1n) is 8.37. The maximum Gasteiger partial charge on any atom is 0.287 e. The number of hydrogen-bond acceptors (Lipinski definition) is 7. The van der Waals surface area contributed by atoms with Gasteiger partial charge in [0.15, 0.2) is 5.76 Å². The maximum atomic E-state index is 8.97. The highest BCUT2D eigenvalue weighted by molar-refractivity contribution is 7.98. The molecule has 0 saturated carbocycles. The molecule has 4 rings (SSSR count).